The fourth-order valence-electron chi connectivity index (χ4n) is 9.87. The third kappa shape index (κ3) is 7.45. The maximum atomic E-state index is 15.8. The molecule has 1 aliphatic carbocycles. The van der Waals surface area contributed by atoms with E-state index >= 15 is 9.18 Å². The lowest BCUT2D eigenvalue weighted by Gasteiger charge is -2.37. The Bertz CT molecular complexity index is 3170. The first-order chi connectivity index (χ1) is 31.1. The summed E-state index contributed by atoms with van der Waals surface area (Å²) in [7, 11) is -3.24. The normalized spacial score (nSPS) is 21.6. The van der Waals surface area contributed by atoms with Crippen LogP contribution in [0.1, 0.15) is 91.8 Å². The summed E-state index contributed by atoms with van der Waals surface area (Å²) in [5, 5.41) is 5.03. The minimum atomic E-state index is -3.24. The van der Waals surface area contributed by atoms with Crippen LogP contribution in [0.3, 0.4) is 0 Å². The Morgan fingerprint density at radius 2 is 1.78 bits per heavy atom. The highest BCUT2D eigenvalue weighted by molar-refractivity contribution is 7.92. The molecule has 1 amide bonds. The lowest BCUT2D eigenvalue weighted by atomic mass is 9.91. The topological polar surface area (TPSA) is 200 Å². The standard InChI is InChI=1S/C47H51F2N9O6S/c1-6-32-25-47(32,44-53-45(60)64-54-44)58-37-10-8-30(29-13-18-63-19-14-29)22-31(37)23-39(58)43(59)55-15-12-36(50)40(28(55)5)42(52-33-20-26(3)41(49)27(4)21-33)57-17-16-56(46(57)61)38-11-9-34(24-35(38)48)65(51,62)7-2/h8-11,16-17,20-24,28-29,32,51H,6-7,12-15,18-19,25,50H2,1-5H3,(H,53,54,60)/t28-,32-,47-,65-/m0/s1. The van der Waals surface area contributed by atoms with Crippen LogP contribution in [0.25, 0.3) is 16.6 Å². The number of nitrogens with zero attached hydrogens (tertiary/aromatic N) is 6. The third-order valence-corrected chi connectivity index (χ3v) is 15.4. The number of fused-ring (bicyclic) bond motifs is 1. The number of ether oxygens (including phenoxy) is 1. The van der Waals surface area contributed by atoms with Crippen LogP contribution in [0.5, 0.6) is 0 Å². The van der Waals surface area contributed by atoms with Gasteiger partial charge in [0, 0.05) is 66.5 Å². The molecule has 18 heteroatoms. The van der Waals surface area contributed by atoms with Crippen molar-refractivity contribution in [1.82, 2.24) is 28.7 Å². The number of benzene rings is 3. The Kier molecular flexibility index (Phi) is 11.2. The van der Waals surface area contributed by atoms with E-state index in [2.05, 4.69) is 29.2 Å². The second kappa shape index (κ2) is 16.5. The molecule has 6 aromatic rings. The van der Waals surface area contributed by atoms with Crippen molar-refractivity contribution in [2.75, 3.05) is 25.5 Å². The smallest absolute Gasteiger partial charge is 0.402 e. The number of aliphatic imine (C=N–C) groups is 1. The summed E-state index contributed by atoms with van der Waals surface area (Å²) < 4.78 is 66.6. The molecule has 3 aromatic carbocycles. The van der Waals surface area contributed by atoms with Crippen LogP contribution in [0.15, 0.2) is 102 Å². The second-order valence-corrected chi connectivity index (χ2v) is 19.7. The summed E-state index contributed by atoms with van der Waals surface area (Å²) in [6, 6.07) is 14.1. The maximum Gasteiger partial charge on any atom is 0.438 e. The molecule has 340 valence electrons. The molecule has 0 spiro atoms. The van der Waals surface area contributed by atoms with Crippen molar-refractivity contribution in [3.63, 3.8) is 0 Å². The number of halogens is 2. The van der Waals surface area contributed by atoms with Gasteiger partial charge in [-0.25, -0.2) is 32.4 Å². The molecule has 65 heavy (non-hydrogen) atoms. The van der Waals surface area contributed by atoms with E-state index in [-0.39, 0.29) is 47.0 Å². The zero-order valence-electron chi connectivity index (χ0n) is 36.8. The van der Waals surface area contributed by atoms with E-state index in [1.165, 1.54) is 29.1 Å². The van der Waals surface area contributed by atoms with Crippen molar-refractivity contribution >= 4 is 38.1 Å². The van der Waals surface area contributed by atoms with Gasteiger partial charge in [0.2, 0.25) is 0 Å². The van der Waals surface area contributed by atoms with Crippen LogP contribution in [0, 0.1) is 36.2 Å². The molecule has 3 aliphatic rings. The van der Waals surface area contributed by atoms with E-state index in [0.29, 0.717) is 65.2 Å². The molecule has 3 aromatic heterocycles. The Balaban J connectivity index is 1.17. The lowest BCUT2D eigenvalue weighted by Crippen LogP contribution is -2.49. The molecule has 4 N–H and O–H groups in total. The minimum absolute atomic E-state index is 0.00249. The van der Waals surface area contributed by atoms with Crippen LogP contribution in [-0.4, -0.2) is 76.2 Å². The van der Waals surface area contributed by atoms with Crippen LogP contribution < -0.4 is 17.2 Å². The Labute approximate surface area is 373 Å². The number of rotatable bonds is 10. The largest absolute Gasteiger partial charge is 0.438 e. The number of amides is 1. The molecule has 1 saturated carbocycles. The molecule has 15 nitrogen and oxygen atoms in total. The van der Waals surface area contributed by atoms with Gasteiger partial charge in [0.25, 0.3) is 5.91 Å². The first-order valence-electron chi connectivity index (χ1n) is 21.9. The monoisotopic (exact) mass is 907 g/mol. The summed E-state index contributed by atoms with van der Waals surface area (Å²) in [5.41, 5.74) is 9.11. The van der Waals surface area contributed by atoms with Crippen molar-refractivity contribution in [3.8, 4) is 5.69 Å². The van der Waals surface area contributed by atoms with Gasteiger partial charge in [-0.05, 0) is 117 Å². The minimum Gasteiger partial charge on any atom is -0.402 e. The number of imidazole rings is 1. The summed E-state index contributed by atoms with van der Waals surface area (Å²) in [5.74, 6) is -1.61. The number of aryl methyl sites for hydroxylation is 2. The van der Waals surface area contributed by atoms with Crippen LogP contribution in [0.2, 0.25) is 0 Å². The van der Waals surface area contributed by atoms with E-state index in [1.807, 2.05) is 16.7 Å². The number of nitrogens with two attached hydrogens (primary N) is 1. The molecule has 0 unspecified atom stereocenters. The zero-order chi connectivity index (χ0) is 46.1. The Morgan fingerprint density at radius 3 is 2.43 bits per heavy atom. The van der Waals surface area contributed by atoms with Crippen molar-refractivity contribution in [3.05, 3.63) is 139 Å². The van der Waals surface area contributed by atoms with Gasteiger partial charge >= 0.3 is 11.4 Å². The van der Waals surface area contributed by atoms with Gasteiger partial charge in [-0.15, -0.1) is 0 Å². The van der Waals surface area contributed by atoms with E-state index < -0.39 is 44.4 Å². The molecule has 0 radical (unpaired) electrons. The molecular weight excluding hydrogens is 857 g/mol. The van der Waals surface area contributed by atoms with Crippen molar-refractivity contribution in [1.29, 1.82) is 4.78 Å². The van der Waals surface area contributed by atoms with E-state index in [0.717, 1.165) is 46.4 Å². The van der Waals surface area contributed by atoms with Gasteiger partial charge in [0.05, 0.1) is 32.0 Å². The van der Waals surface area contributed by atoms with Crippen molar-refractivity contribution in [2.24, 2.45) is 16.6 Å². The molecule has 9 rings (SSSR count). The quantitative estimate of drug-likeness (QED) is 0.0934. The molecule has 4 atom stereocenters. The fourth-order valence-corrected chi connectivity index (χ4v) is 10.8. The van der Waals surface area contributed by atoms with Crippen LogP contribution in [-0.2, 0) is 20.0 Å². The van der Waals surface area contributed by atoms with Gasteiger partial charge < -0.3 is 19.9 Å². The van der Waals surface area contributed by atoms with Gasteiger partial charge in [-0.1, -0.05) is 31.5 Å². The highest BCUT2D eigenvalue weighted by Crippen LogP contribution is 2.57. The summed E-state index contributed by atoms with van der Waals surface area (Å²) in [6.45, 7) is 10.2. The number of carbonyl (C=O) groups excluding carboxylic acids is 1. The summed E-state index contributed by atoms with van der Waals surface area (Å²) in [6.07, 6.45) is 6.08. The fraction of sp³-hybridized carbons (Fsp3) is 0.383. The predicted molar refractivity (Wildman–Crippen MR) is 242 cm³/mol. The average molecular weight is 908 g/mol. The highest BCUT2D eigenvalue weighted by Gasteiger charge is 2.60. The summed E-state index contributed by atoms with van der Waals surface area (Å²) in [4.78, 5) is 51.9. The van der Waals surface area contributed by atoms with Crippen LogP contribution in [0.4, 0.5) is 14.5 Å². The van der Waals surface area contributed by atoms with Gasteiger partial charge in [-0.2, -0.15) is 0 Å². The Morgan fingerprint density at radius 1 is 1.05 bits per heavy atom. The number of nitrogens with one attached hydrogen (secondary N) is 2. The molecule has 1 saturated heterocycles. The predicted octanol–water partition coefficient (Wildman–Crippen LogP) is 7.38. The number of H-pyrrole nitrogens is 1. The highest BCUT2D eigenvalue weighted by atomic mass is 32.2. The van der Waals surface area contributed by atoms with Crippen molar-refractivity contribution in [2.45, 2.75) is 89.1 Å². The molecule has 5 heterocycles. The Hall–Kier alpha value is -6.40. The second-order valence-electron chi connectivity index (χ2n) is 17.3. The molecule has 0 bridgehead atoms. The first-order valence-corrected chi connectivity index (χ1v) is 23.6. The average Bonchev–Trinajstić information content (AvgIpc) is 3.51. The molecule has 2 aliphatic heterocycles. The van der Waals surface area contributed by atoms with E-state index in [9.17, 15) is 18.2 Å². The maximum absolute atomic E-state index is 15.8. The third-order valence-electron chi connectivity index (χ3n) is 13.5. The molecule has 2 fully saturated rings. The van der Waals surface area contributed by atoms with Crippen LogP contribution >= 0.6 is 0 Å². The van der Waals surface area contributed by atoms with Gasteiger partial charge in [0.15, 0.2) is 5.82 Å². The van der Waals surface area contributed by atoms with E-state index in [4.69, 9.17) is 24.8 Å². The molecular formula is C47H51F2N9O6S. The van der Waals surface area contributed by atoms with Gasteiger partial charge in [0.1, 0.15) is 28.7 Å². The number of aromatic amines is 1. The number of hydrogen-bond donors (Lipinski definition) is 3. The first kappa shape index (κ1) is 43.8. The van der Waals surface area contributed by atoms with Gasteiger partial charge in [-0.3, -0.25) is 23.4 Å². The van der Waals surface area contributed by atoms with Crippen molar-refractivity contribution < 1.29 is 27.0 Å². The van der Waals surface area contributed by atoms with E-state index in [1.54, 1.807) is 44.7 Å². The SMILES string of the molecule is CC[C@H]1C[C@]1(c1noc(=O)[nH]1)n1c(C(=O)N2CCC(N)=C(C(=Nc3cc(C)c(F)c(C)c3)n3ccn(-c4ccc([S@@](=N)(=O)CC)cc4F)c3=O)[C@@H]2C)cc2cc(C3CCOCC3)ccc21. The summed E-state index contributed by atoms with van der Waals surface area (Å²) >= 11 is 0. The lowest BCUT2D eigenvalue weighted by molar-refractivity contribution is 0.0696. The number of carbonyl (C=O) groups is 1. The zero-order valence-corrected chi connectivity index (χ0v) is 37.6. The number of aromatic nitrogens is 5. The number of hydrogen-bond acceptors (Lipinski definition) is 10.